The van der Waals surface area contributed by atoms with E-state index < -0.39 is 31.1 Å². The highest BCUT2D eigenvalue weighted by Crippen LogP contribution is 2.23. The molecule has 0 spiro atoms. The summed E-state index contributed by atoms with van der Waals surface area (Å²) < 4.78 is 9.45. The zero-order valence-electron chi connectivity index (χ0n) is 10.3. The van der Waals surface area contributed by atoms with Gasteiger partial charge in [-0.05, 0) is 12.1 Å². The van der Waals surface area contributed by atoms with Gasteiger partial charge in [0.15, 0.2) is 24.1 Å². The summed E-state index contributed by atoms with van der Waals surface area (Å²) in [5.41, 5.74) is 0. The van der Waals surface area contributed by atoms with Crippen LogP contribution in [-0.2, 0) is 14.3 Å². The molecule has 1 amide bonds. The van der Waals surface area contributed by atoms with Crippen molar-refractivity contribution >= 4 is 11.9 Å². The van der Waals surface area contributed by atoms with Crippen LogP contribution in [0.5, 0.6) is 11.5 Å². The number of benzene rings is 1. The summed E-state index contributed by atoms with van der Waals surface area (Å²) in [5, 5.41) is 20.6. The predicted octanol–water partition coefficient (Wildman–Crippen LogP) is -0.579. The van der Waals surface area contributed by atoms with E-state index in [2.05, 4.69) is 10.1 Å². The molecule has 104 valence electrons. The molecule has 0 aromatic heterocycles. The highest BCUT2D eigenvalue weighted by atomic mass is 16.5. The molecule has 7 heteroatoms. The lowest BCUT2D eigenvalue weighted by molar-refractivity contribution is -0.146. The molecule has 0 unspecified atom stereocenters. The van der Waals surface area contributed by atoms with Crippen LogP contribution >= 0.6 is 0 Å². The third-order valence-electron chi connectivity index (χ3n) is 2.23. The van der Waals surface area contributed by atoms with Gasteiger partial charge in [-0.2, -0.15) is 0 Å². The third-order valence-corrected chi connectivity index (χ3v) is 2.23. The van der Waals surface area contributed by atoms with Crippen molar-refractivity contribution in [3.8, 4) is 11.5 Å². The second kappa shape index (κ2) is 7.22. The lowest BCUT2D eigenvalue weighted by Crippen LogP contribution is -2.45. The summed E-state index contributed by atoms with van der Waals surface area (Å²) in [6, 6.07) is 5.02. The highest BCUT2D eigenvalue weighted by molar-refractivity contribution is 5.85. The minimum atomic E-state index is -1.13. The van der Waals surface area contributed by atoms with E-state index in [1.807, 2.05) is 0 Å². The Kier molecular flexibility index (Phi) is 5.62. The molecular formula is C12H15NO6. The molecule has 0 saturated heterocycles. The monoisotopic (exact) mass is 269 g/mol. The van der Waals surface area contributed by atoms with Crippen molar-refractivity contribution < 1.29 is 29.3 Å². The summed E-state index contributed by atoms with van der Waals surface area (Å²) in [5.74, 6) is -1.32. The van der Waals surface area contributed by atoms with Crippen molar-refractivity contribution in [3.63, 3.8) is 0 Å². The molecule has 1 atom stereocenters. The van der Waals surface area contributed by atoms with Gasteiger partial charge in [-0.25, -0.2) is 4.79 Å². The first-order chi connectivity index (χ1) is 9.08. The number of para-hydroxylation sites is 2. The average molecular weight is 269 g/mol. The molecule has 0 saturated carbocycles. The number of hydrogen-bond donors (Lipinski definition) is 3. The van der Waals surface area contributed by atoms with Crippen molar-refractivity contribution in [1.82, 2.24) is 5.32 Å². The molecule has 0 bridgehead atoms. The Balaban J connectivity index is 2.48. The van der Waals surface area contributed by atoms with Crippen LogP contribution in [0.15, 0.2) is 24.3 Å². The lowest BCUT2D eigenvalue weighted by Gasteiger charge is -2.14. The van der Waals surface area contributed by atoms with E-state index in [9.17, 15) is 14.7 Å². The van der Waals surface area contributed by atoms with Crippen molar-refractivity contribution in [1.29, 1.82) is 0 Å². The van der Waals surface area contributed by atoms with Crippen molar-refractivity contribution in [3.05, 3.63) is 24.3 Å². The van der Waals surface area contributed by atoms with E-state index in [-0.39, 0.29) is 11.5 Å². The Morgan fingerprint density at radius 1 is 1.37 bits per heavy atom. The zero-order chi connectivity index (χ0) is 14.3. The van der Waals surface area contributed by atoms with Gasteiger partial charge in [-0.15, -0.1) is 0 Å². The molecule has 0 aliphatic carbocycles. The molecule has 0 aliphatic rings. The number of rotatable bonds is 6. The van der Waals surface area contributed by atoms with Crippen LogP contribution in [0, 0.1) is 0 Å². The second-order valence-corrected chi connectivity index (χ2v) is 3.58. The standard InChI is InChI=1S/C12H15NO6/c1-18-12(17)8(6-14)13-11(16)7-19-10-5-3-2-4-9(10)15/h2-5,8,14-15H,6-7H2,1H3,(H,13,16)/t8-/m0/s1. The Bertz CT molecular complexity index is 448. The Morgan fingerprint density at radius 2 is 2.05 bits per heavy atom. The van der Waals surface area contributed by atoms with Gasteiger partial charge in [0.2, 0.25) is 0 Å². The number of phenols is 1. The summed E-state index contributed by atoms with van der Waals surface area (Å²) >= 11 is 0. The van der Waals surface area contributed by atoms with Crippen molar-refractivity contribution in [2.75, 3.05) is 20.3 Å². The third kappa shape index (κ3) is 4.47. The fraction of sp³-hybridized carbons (Fsp3) is 0.333. The summed E-state index contributed by atoms with van der Waals surface area (Å²) in [6.45, 7) is -0.972. The number of ether oxygens (including phenoxy) is 2. The summed E-state index contributed by atoms with van der Waals surface area (Å²) in [7, 11) is 1.15. The van der Waals surface area contributed by atoms with Crippen LogP contribution in [0.2, 0.25) is 0 Å². The Hall–Kier alpha value is -2.28. The van der Waals surface area contributed by atoms with Gasteiger partial charge in [-0.3, -0.25) is 4.79 Å². The maximum atomic E-state index is 11.5. The first kappa shape index (κ1) is 14.8. The van der Waals surface area contributed by atoms with Gasteiger partial charge in [0.1, 0.15) is 0 Å². The Labute approximate surface area is 109 Å². The van der Waals surface area contributed by atoms with E-state index in [1.165, 1.54) is 12.1 Å². The van der Waals surface area contributed by atoms with E-state index in [4.69, 9.17) is 9.84 Å². The minimum absolute atomic E-state index is 0.0954. The lowest BCUT2D eigenvalue weighted by atomic mass is 10.3. The van der Waals surface area contributed by atoms with Gasteiger partial charge in [0, 0.05) is 0 Å². The fourth-order valence-corrected chi connectivity index (χ4v) is 1.28. The molecule has 0 aliphatic heterocycles. The smallest absolute Gasteiger partial charge is 0.330 e. The molecule has 0 radical (unpaired) electrons. The number of aliphatic hydroxyl groups is 1. The molecule has 0 fully saturated rings. The van der Waals surface area contributed by atoms with Crippen molar-refractivity contribution in [2.45, 2.75) is 6.04 Å². The van der Waals surface area contributed by atoms with Crippen molar-refractivity contribution in [2.24, 2.45) is 0 Å². The van der Waals surface area contributed by atoms with E-state index >= 15 is 0 Å². The van der Waals surface area contributed by atoms with Gasteiger partial charge in [0.05, 0.1) is 13.7 Å². The predicted molar refractivity (Wildman–Crippen MR) is 64.6 cm³/mol. The van der Waals surface area contributed by atoms with Crippen LogP contribution in [0.4, 0.5) is 0 Å². The van der Waals surface area contributed by atoms with E-state index in [1.54, 1.807) is 12.1 Å². The minimum Gasteiger partial charge on any atom is -0.504 e. The normalized spacial score (nSPS) is 11.5. The number of esters is 1. The number of phenolic OH excluding ortho intramolecular Hbond substituents is 1. The van der Waals surface area contributed by atoms with Gasteiger partial charge < -0.3 is 25.0 Å². The fourth-order valence-electron chi connectivity index (χ4n) is 1.28. The number of aliphatic hydroxyl groups excluding tert-OH is 1. The molecule has 19 heavy (non-hydrogen) atoms. The summed E-state index contributed by atoms with van der Waals surface area (Å²) in [4.78, 5) is 22.6. The summed E-state index contributed by atoms with van der Waals surface area (Å²) in [6.07, 6.45) is 0. The van der Waals surface area contributed by atoms with Gasteiger partial charge in [0.25, 0.3) is 5.91 Å². The van der Waals surface area contributed by atoms with Gasteiger partial charge >= 0.3 is 5.97 Å². The van der Waals surface area contributed by atoms with Crippen LogP contribution < -0.4 is 10.1 Å². The number of carbonyl (C=O) groups excluding carboxylic acids is 2. The topological polar surface area (TPSA) is 105 Å². The molecule has 1 rings (SSSR count). The maximum Gasteiger partial charge on any atom is 0.330 e. The van der Waals surface area contributed by atoms with E-state index in [0.717, 1.165) is 7.11 Å². The maximum absolute atomic E-state index is 11.5. The number of amides is 1. The molecule has 3 N–H and O–H groups in total. The molecule has 1 aromatic carbocycles. The zero-order valence-corrected chi connectivity index (χ0v) is 10.3. The molecule has 1 aromatic rings. The quantitative estimate of drug-likeness (QED) is 0.597. The average Bonchev–Trinajstić information content (AvgIpc) is 2.43. The Morgan fingerprint density at radius 3 is 2.63 bits per heavy atom. The van der Waals surface area contributed by atoms with Crippen LogP contribution in [0.1, 0.15) is 0 Å². The van der Waals surface area contributed by atoms with Crippen LogP contribution in [-0.4, -0.2) is 48.5 Å². The number of methoxy groups -OCH3 is 1. The largest absolute Gasteiger partial charge is 0.504 e. The van der Waals surface area contributed by atoms with E-state index in [0.29, 0.717) is 0 Å². The van der Waals surface area contributed by atoms with Gasteiger partial charge in [-0.1, -0.05) is 12.1 Å². The molecule has 0 heterocycles. The number of aromatic hydroxyl groups is 1. The number of nitrogens with one attached hydrogen (secondary N) is 1. The second-order valence-electron chi connectivity index (χ2n) is 3.58. The first-order valence-corrected chi connectivity index (χ1v) is 5.47. The molecule has 7 nitrogen and oxygen atoms in total. The van der Waals surface area contributed by atoms with Crippen LogP contribution in [0.25, 0.3) is 0 Å². The first-order valence-electron chi connectivity index (χ1n) is 5.47. The SMILES string of the molecule is COC(=O)[C@H](CO)NC(=O)COc1ccccc1O. The van der Waals surface area contributed by atoms with Crippen LogP contribution in [0.3, 0.4) is 0 Å². The number of carbonyl (C=O) groups is 2. The molecular weight excluding hydrogens is 254 g/mol. The highest BCUT2D eigenvalue weighted by Gasteiger charge is 2.20. The number of hydrogen-bond acceptors (Lipinski definition) is 6.